The van der Waals surface area contributed by atoms with Crippen LogP contribution in [0.1, 0.15) is 30.4 Å². The molecule has 0 aliphatic carbocycles. The monoisotopic (exact) mass is 340 g/mol. The van der Waals surface area contributed by atoms with Crippen molar-refractivity contribution in [3.63, 3.8) is 0 Å². The molecule has 2 unspecified atom stereocenters. The highest BCUT2D eigenvalue weighted by molar-refractivity contribution is 5.47. The van der Waals surface area contributed by atoms with Gasteiger partial charge < -0.3 is 18.9 Å². The van der Waals surface area contributed by atoms with E-state index in [1.54, 1.807) is 0 Å². The molecule has 2 heterocycles. The molecule has 4 rings (SSSR count). The fourth-order valence-electron chi connectivity index (χ4n) is 3.10. The van der Waals surface area contributed by atoms with Gasteiger partial charge in [0.05, 0.1) is 13.2 Å². The highest BCUT2D eigenvalue weighted by Crippen LogP contribution is 2.38. The Morgan fingerprint density at radius 1 is 0.840 bits per heavy atom. The zero-order valence-electron chi connectivity index (χ0n) is 14.5. The third-order valence-corrected chi connectivity index (χ3v) is 4.65. The van der Waals surface area contributed by atoms with Crippen molar-refractivity contribution in [3.8, 4) is 11.5 Å². The van der Waals surface area contributed by atoms with Gasteiger partial charge in [0.2, 0.25) is 0 Å². The summed E-state index contributed by atoms with van der Waals surface area (Å²) in [5.74, 6) is 2.10. The lowest BCUT2D eigenvalue weighted by Crippen LogP contribution is -2.11. The van der Waals surface area contributed by atoms with Gasteiger partial charge >= 0.3 is 0 Å². The summed E-state index contributed by atoms with van der Waals surface area (Å²) in [4.78, 5) is 0. The van der Waals surface area contributed by atoms with Gasteiger partial charge in [0.25, 0.3) is 0 Å². The van der Waals surface area contributed by atoms with Crippen molar-refractivity contribution in [2.75, 3.05) is 26.4 Å². The summed E-state index contributed by atoms with van der Waals surface area (Å²) in [7, 11) is 0. The molecular weight excluding hydrogens is 316 g/mol. The number of ether oxygens (including phenoxy) is 4. The third-order valence-electron chi connectivity index (χ3n) is 4.65. The molecule has 0 N–H and O–H groups in total. The molecule has 132 valence electrons. The Morgan fingerprint density at radius 3 is 1.68 bits per heavy atom. The quantitative estimate of drug-likeness (QED) is 0.652. The molecule has 0 radical (unpaired) electrons. The van der Waals surface area contributed by atoms with Gasteiger partial charge in [0.1, 0.15) is 36.9 Å². The average Bonchev–Trinajstić information content (AvgIpc) is 3.56. The number of benzene rings is 2. The second kappa shape index (κ2) is 7.46. The Kier molecular flexibility index (Phi) is 4.90. The predicted molar refractivity (Wildman–Crippen MR) is 95.5 cm³/mol. The smallest absolute Gasteiger partial charge is 0.123 e. The predicted octanol–water partition coefficient (Wildman–Crippen LogP) is 3.78. The van der Waals surface area contributed by atoms with Gasteiger partial charge in [0, 0.05) is 17.0 Å². The van der Waals surface area contributed by atoms with Crippen LogP contribution in [0.4, 0.5) is 0 Å². The standard InChI is InChI=1S/C21H24O4/c1-2-17(18-7-3-5-9-20(18)24-13-15-11-22-15)19-8-4-6-10-21(19)25-14-16-12-23-16/h3-10,15-17H,2,11-14H2,1H3. The van der Waals surface area contributed by atoms with Gasteiger partial charge in [-0.2, -0.15) is 0 Å². The maximum absolute atomic E-state index is 6.03. The second-order valence-corrected chi connectivity index (χ2v) is 6.57. The molecule has 2 saturated heterocycles. The largest absolute Gasteiger partial charge is 0.490 e. The molecule has 25 heavy (non-hydrogen) atoms. The summed E-state index contributed by atoms with van der Waals surface area (Å²) < 4.78 is 22.6. The van der Waals surface area contributed by atoms with Crippen LogP contribution >= 0.6 is 0 Å². The maximum Gasteiger partial charge on any atom is 0.123 e. The van der Waals surface area contributed by atoms with E-state index in [0.717, 1.165) is 31.1 Å². The van der Waals surface area contributed by atoms with Crippen LogP contribution in [0.2, 0.25) is 0 Å². The van der Waals surface area contributed by atoms with E-state index in [-0.39, 0.29) is 18.1 Å². The minimum Gasteiger partial charge on any atom is -0.490 e. The molecule has 0 amide bonds. The Morgan fingerprint density at radius 2 is 1.28 bits per heavy atom. The molecule has 4 heteroatoms. The van der Waals surface area contributed by atoms with Gasteiger partial charge in [-0.05, 0) is 18.6 Å². The molecule has 0 saturated carbocycles. The lowest BCUT2D eigenvalue weighted by molar-refractivity contribution is 0.257. The van der Waals surface area contributed by atoms with Crippen LogP contribution < -0.4 is 9.47 Å². The van der Waals surface area contributed by atoms with Gasteiger partial charge in [-0.25, -0.2) is 0 Å². The lowest BCUT2D eigenvalue weighted by Gasteiger charge is -2.22. The van der Waals surface area contributed by atoms with E-state index in [1.165, 1.54) is 11.1 Å². The summed E-state index contributed by atoms with van der Waals surface area (Å²) in [6.07, 6.45) is 1.48. The highest BCUT2D eigenvalue weighted by atomic mass is 16.6. The molecule has 2 aromatic rings. The van der Waals surface area contributed by atoms with Crippen LogP contribution in [0.5, 0.6) is 11.5 Å². The molecule has 0 aromatic heterocycles. The number of rotatable bonds is 9. The van der Waals surface area contributed by atoms with Crippen molar-refractivity contribution >= 4 is 0 Å². The first-order valence-corrected chi connectivity index (χ1v) is 9.01. The Hall–Kier alpha value is -2.04. The van der Waals surface area contributed by atoms with Crippen LogP contribution in [-0.2, 0) is 9.47 Å². The van der Waals surface area contributed by atoms with Crippen LogP contribution in [0.3, 0.4) is 0 Å². The molecule has 2 aliphatic rings. The molecule has 2 aliphatic heterocycles. The van der Waals surface area contributed by atoms with Crippen LogP contribution in [0, 0.1) is 0 Å². The van der Waals surface area contributed by atoms with Gasteiger partial charge in [-0.1, -0.05) is 43.3 Å². The maximum atomic E-state index is 6.03. The van der Waals surface area contributed by atoms with E-state index in [0.29, 0.717) is 13.2 Å². The van der Waals surface area contributed by atoms with Crippen molar-refractivity contribution < 1.29 is 18.9 Å². The van der Waals surface area contributed by atoms with Crippen molar-refractivity contribution in [2.24, 2.45) is 0 Å². The third kappa shape index (κ3) is 4.14. The summed E-state index contributed by atoms with van der Waals surface area (Å²) in [6.45, 7) is 5.04. The van der Waals surface area contributed by atoms with Gasteiger partial charge in [-0.3, -0.25) is 0 Å². The fraction of sp³-hybridized carbons (Fsp3) is 0.429. The lowest BCUT2D eigenvalue weighted by atomic mass is 9.88. The van der Waals surface area contributed by atoms with Crippen molar-refractivity contribution in [1.29, 1.82) is 0 Å². The molecule has 2 atom stereocenters. The molecule has 0 spiro atoms. The van der Waals surface area contributed by atoms with Crippen LogP contribution in [0.15, 0.2) is 48.5 Å². The fourth-order valence-corrected chi connectivity index (χ4v) is 3.10. The number of hydrogen-bond acceptors (Lipinski definition) is 4. The van der Waals surface area contributed by atoms with Crippen LogP contribution in [0.25, 0.3) is 0 Å². The van der Waals surface area contributed by atoms with E-state index in [1.807, 2.05) is 24.3 Å². The summed E-state index contributed by atoms with van der Waals surface area (Å²) >= 11 is 0. The van der Waals surface area contributed by atoms with Crippen LogP contribution in [-0.4, -0.2) is 38.6 Å². The van der Waals surface area contributed by atoms with Gasteiger partial charge in [-0.15, -0.1) is 0 Å². The van der Waals surface area contributed by atoms with Gasteiger partial charge in [0.15, 0.2) is 0 Å². The Labute approximate surface area is 148 Å². The minimum atomic E-state index is 0.229. The molecular formula is C21H24O4. The zero-order valence-corrected chi connectivity index (χ0v) is 14.5. The first-order chi connectivity index (χ1) is 12.3. The molecule has 0 bridgehead atoms. The second-order valence-electron chi connectivity index (χ2n) is 6.57. The summed E-state index contributed by atoms with van der Waals surface area (Å²) in [5, 5.41) is 0. The molecule has 2 aromatic carbocycles. The van der Waals surface area contributed by atoms with Crippen molar-refractivity contribution in [1.82, 2.24) is 0 Å². The Balaban J connectivity index is 1.59. The molecule has 2 fully saturated rings. The zero-order chi connectivity index (χ0) is 17.1. The van der Waals surface area contributed by atoms with E-state index in [4.69, 9.17) is 18.9 Å². The number of hydrogen-bond donors (Lipinski definition) is 0. The number of epoxide rings is 2. The van der Waals surface area contributed by atoms with Crippen molar-refractivity contribution in [3.05, 3.63) is 59.7 Å². The molecule has 4 nitrogen and oxygen atoms in total. The summed E-state index contributed by atoms with van der Waals surface area (Å²) in [6, 6.07) is 16.6. The first kappa shape index (κ1) is 16.4. The number of para-hydroxylation sites is 2. The topological polar surface area (TPSA) is 43.5 Å². The van der Waals surface area contributed by atoms with E-state index >= 15 is 0 Å². The first-order valence-electron chi connectivity index (χ1n) is 9.01. The summed E-state index contributed by atoms with van der Waals surface area (Å²) in [5.41, 5.74) is 2.40. The normalized spacial score (nSPS) is 22.3. The average molecular weight is 340 g/mol. The van der Waals surface area contributed by atoms with E-state index in [2.05, 4.69) is 31.2 Å². The highest BCUT2D eigenvalue weighted by Gasteiger charge is 2.26. The SMILES string of the molecule is CCC(c1ccccc1OCC1CO1)c1ccccc1OCC1CO1. The van der Waals surface area contributed by atoms with Crippen molar-refractivity contribution in [2.45, 2.75) is 31.5 Å². The Bertz CT molecular complexity index is 647. The van der Waals surface area contributed by atoms with E-state index in [9.17, 15) is 0 Å². The van der Waals surface area contributed by atoms with E-state index < -0.39 is 0 Å². The minimum absolute atomic E-state index is 0.229.